The fraction of sp³-hybridized carbons (Fsp3) is 0. The summed E-state index contributed by atoms with van der Waals surface area (Å²) in [6, 6.07) is 7.74. The first-order chi connectivity index (χ1) is 8.58. The Morgan fingerprint density at radius 2 is 2.17 bits per heavy atom. The molecule has 1 heterocycles. The van der Waals surface area contributed by atoms with Crippen LogP contribution in [0, 0.1) is 5.95 Å². The molecule has 1 aromatic carbocycles. The van der Waals surface area contributed by atoms with Gasteiger partial charge in [0, 0.05) is 15.7 Å². The summed E-state index contributed by atoms with van der Waals surface area (Å²) in [7, 11) is 0. The van der Waals surface area contributed by atoms with E-state index in [-0.39, 0.29) is 5.56 Å². The van der Waals surface area contributed by atoms with Gasteiger partial charge in [-0.15, -0.1) is 0 Å². The highest BCUT2D eigenvalue weighted by atomic mass is 79.9. The van der Waals surface area contributed by atoms with Crippen molar-refractivity contribution in [1.82, 2.24) is 4.98 Å². The zero-order chi connectivity index (χ0) is 13.1. The summed E-state index contributed by atoms with van der Waals surface area (Å²) < 4.78 is 13.9. The smallest absolute Gasteiger partial charge is 0.260 e. The molecule has 3 nitrogen and oxygen atoms in total. The summed E-state index contributed by atoms with van der Waals surface area (Å²) >= 11 is 9.04. The summed E-state index contributed by atoms with van der Waals surface area (Å²) in [5.74, 6) is -1.37. The number of benzene rings is 1. The third-order valence-corrected chi connectivity index (χ3v) is 3.07. The van der Waals surface area contributed by atoms with Crippen LogP contribution in [0.15, 0.2) is 41.0 Å². The molecule has 0 aliphatic rings. The Kier molecular flexibility index (Phi) is 3.93. The van der Waals surface area contributed by atoms with Crippen LogP contribution in [-0.4, -0.2) is 10.9 Å². The molecule has 2 aromatic rings. The van der Waals surface area contributed by atoms with Crippen molar-refractivity contribution in [3.05, 3.63) is 57.5 Å². The molecule has 0 atom stereocenters. The van der Waals surface area contributed by atoms with Gasteiger partial charge in [0.2, 0.25) is 5.95 Å². The molecule has 0 unspecified atom stereocenters. The van der Waals surface area contributed by atoms with Crippen LogP contribution in [0.2, 0.25) is 5.02 Å². The van der Waals surface area contributed by atoms with E-state index in [0.29, 0.717) is 15.2 Å². The lowest BCUT2D eigenvalue weighted by atomic mass is 10.2. The molecule has 0 bridgehead atoms. The molecule has 2 rings (SSSR count). The minimum atomic E-state index is -0.805. The number of aromatic nitrogens is 1. The summed E-state index contributed by atoms with van der Waals surface area (Å²) in [6.45, 7) is 0. The minimum absolute atomic E-state index is 0.112. The number of hydrogen-bond donors (Lipinski definition) is 1. The zero-order valence-electron chi connectivity index (χ0n) is 8.95. The minimum Gasteiger partial charge on any atom is -0.321 e. The van der Waals surface area contributed by atoms with Crippen LogP contribution in [0.5, 0.6) is 0 Å². The SMILES string of the molecule is O=C(Nc1ccc(Cl)cc1Br)c1cccnc1F. The van der Waals surface area contributed by atoms with Gasteiger partial charge in [0.25, 0.3) is 5.91 Å². The van der Waals surface area contributed by atoms with E-state index in [2.05, 4.69) is 26.2 Å². The van der Waals surface area contributed by atoms with E-state index < -0.39 is 11.9 Å². The van der Waals surface area contributed by atoms with Gasteiger partial charge in [-0.3, -0.25) is 4.79 Å². The quantitative estimate of drug-likeness (QED) is 0.849. The van der Waals surface area contributed by atoms with Crippen molar-refractivity contribution in [1.29, 1.82) is 0 Å². The van der Waals surface area contributed by atoms with E-state index >= 15 is 0 Å². The molecular formula is C12H7BrClFN2O. The summed E-state index contributed by atoms with van der Waals surface area (Å²) in [5.41, 5.74) is 0.395. The van der Waals surface area contributed by atoms with Crippen molar-refractivity contribution < 1.29 is 9.18 Å². The number of halogens is 3. The van der Waals surface area contributed by atoms with E-state index in [0.717, 1.165) is 0 Å². The van der Waals surface area contributed by atoms with Gasteiger partial charge in [-0.1, -0.05) is 11.6 Å². The van der Waals surface area contributed by atoms with Crippen LogP contribution in [0.3, 0.4) is 0 Å². The largest absolute Gasteiger partial charge is 0.321 e. The molecule has 0 aliphatic carbocycles. The van der Waals surface area contributed by atoms with Gasteiger partial charge >= 0.3 is 0 Å². The summed E-state index contributed by atoms with van der Waals surface area (Å²) in [4.78, 5) is 15.2. The van der Waals surface area contributed by atoms with Gasteiger partial charge in [0.15, 0.2) is 0 Å². The Bertz CT molecular complexity index is 606. The Morgan fingerprint density at radius 1 is 1.39 bits per heavy atom. The van der Waals surface area contributed by atoms with Crippen molar-refractivity contribution in [2.75, 3.05) is 5.32 Å². The summed E-state index contributed by atoms with van der Waals surface area (Å²) in [5, 5.41) is 3.10. The Balaban J connectivity index is 2.24. The second-order valence-corrected chi connectivity index (χ2v) is 4.71. The highest BCUT2D eigenvalue weighted by molar-refractivity contribution is 9.10. The topological polar surface area (TPSA) is 42.0 Å². The molecule has 1 N–H and O–H groups in total. The average molecular weight is 330 g/mol. The number of carbonyl (C=O) groups excluding carboxylic acids is 1. The van der Waals surface area contributed by atoms with Crippen LogP contribution in [0.4, 0.5) is 10.1 Å². The monoisotopic (exact) mass is 328 g/mol. The van der Waals surface area contributed by atoms with E-state index in [1.165, 1.54) is 18.3 Å². The van der Waals surface area contributed by atoms with Gasteiger partial charge in [0.1, 0.15) is 0 Å². The molecule has 0 fully saturated rings. The van der Waals surface area contributed by atoms with Crippen molar-refractivity contribution >= 4 is 39.1 Å². The number of amides is 1. The number of rotatable bonds is 2. The van der Waals surface area contributed by atoms with E-state index in [1.807, 2.05) is 0 Å². The van der Waals surface area contributed by atoms with Crippen LogP contribution >= 0.6 is 27.5 Å². The van der Waals surface area contributed by atoms with Gasteiger partial charge in [-0.05, 0) is 46.3 Å². The first kappa shape index (κ1) is 13.0. The molecule has 18 heavy (non-hydrogen) atoms. The first-order valence-electron chi connectivity index (χ1n) is 4.95. The predicted octanol–water partition coefficient (Wildman–Crippen LogP) is 3.89. The molecule has 0 radical (unpaired) electrons. The first-order valence-corrected chi connectivity index (χ1v) is 6.12. The fourth-order valence-corrected chi connectivity index (χ4v) is 2.12. The van der Waals surface area contributed by atoms with Crippen LogP contribution in [0.25, 0.3) is 0 Å². The Morgan fingerprint density at radius 3 is 2.83 bits per heavy atom. The maximum Gasteiger partial charge on any atom is 0.260 e. The van der Waals surface area contributed by atoms with E-state index in [9.17, 15) is 9.18 Å². The van der Waals surface area contributed by atoms with Gasteiger partial charge in [-0.2, -0.15) is 4.39 Å². The highest BCUT2D eigenvalue weighted by Crippen LogP contribution is 2.26. The van der Waals surface area contributed by atoms with Crippen LogP contribution in [0.1, 0.15) is 10.4 Å². The standard InChI is InChI=1S/C12H7BrClFN2O/c13-9-6-7(14)3-4-10(9)17-12(18)8-2-1-5-16-11(8)15/h1-6H,(H,17,18). The molecule has 92 valence electrons. The van der Waals surface area contributed by atoms with Gasteiger partial charge in [0.05, 0.1) is 11.3 Å². The second kappa shape index (κ2) is 5.46. The van der Waals surface area contributed by atoms with Crippen molar-refractivity contribution in [2.45, 2.75) is 0 Å². The van der Waals surface area contributed by atoms with E-state index in [4.69, 9.17) is 11.6 Å². The average Bonchev–Trinajstić information content (AvgIpc) is 2.33. The highest BCUT2D eigenvalue weighted by Gasteiger charge is 2.13. The molecular weight excluding hydrogens is 322 g/mol. The lowest BCUT2D eigenvalue weighted by Gasteiger charge is -2.07. The van der Waals surface area contributed by atoms with Crippen molar-refractivity contribution in [3.8, 4) is 0 Å². The normalized spacial score (nSPS) is 10.2. The lowest BCUT2D eigenvalue weighted by molar-refractivity contribution is 0.102. The number of pyridine rings is 1. The molecule has 0 aliphatic heterocycles. The number of nitrogens with one attached hydrogen (secondary N) is 1. The van der Waals surface area contributed by atoms with Crippen molar-refractivity contribution in [3.63, 3.8) is 0 Å². The Labute approximate surface area is 116 Å². The molecule has 0 saturated carbocycles. The maximum atomic E-state index is 13.3. The van der Waals surface area contributed by atoms with Gasteiger partial charge < -0.3 is 5.32 Å². The summed E-state index contributed by atoms with van der Waals surface area (Å²) in [6.07, 6.45) is 1.28. The Hall–Kier alpha value is -1.46. The van der Waals surface area contributed by atoms with Gasteiger partial charge in [-0.25, -0.2) is 4.98 Å². The fourth-order valence-electron chi connectivity index (χ4n) is 1.34. The number of nitrogens with zero attached hydrogens (tertiary/aromatic N) is 1. The van der Waals surface area contributed by atoms with Crippen LogP contribution < -0.4 is 5.32 Å². The molecule has 0 spiro atoms. The number of hydrogen-bond acceptors (Lipinski definition) is 2. The number of anilines is 1. The lowest BCUT2D eigenvalue weighted by Crippen LogP contribution is -2.14. The molecule has 0 saturated heterocycles. The third kappa shape index (κ3) is 2.86. The number of carbonyl (C=O) groups is 1. The van der Waals surface area contributed by atoms with Crippen LogP contribution in [-0.2, 0) is 0 Å². The molecule has 1 amide bonds. The molecule has 6 heteroatoms. The maximum absolute atomic E-state index is 13.3. The zero-order valence-corrected chi connectivity index (χ0v) is 11.3. The molecule has 1 aromatic heterocycles. The van der Waals surface area contributed by atoms with Crippen molar-refractivity contribution in [2.24, 2.45) is 0 Å². The predicted molar refractivity (Wildman–Crippen MR) is 71.3 cm³/mol. The third-order valence-electron chi connectivity index (χ3n) is 2.18. The van der Waals surface area contributed by atoms with E-state index in [1.54, 1.807) is 18.2 Å². The second-order valence-electron chi connectivity index (χ2n) is 3.42.